The molecule has 0 bridgehead atoms. The van der Waals surface area contributed by atoms with Crippen molar-refractivity contribution in [3.63, 3.8) is 0 Å². The Morgan fingerprint density at radius 3 is 2.85 bits per heavy atom. The molecule has 1 aromatic heterocycles. The normalized spacial score (nSPS) is 20.9. The number of hydrogen-bond acceptors (Lipinski definition) is 4. The Balaban J connectivity index is 1.92. The van der Waals surface area contributed by atoms with Gasteiger partial charge in [-0.3, -0.25) is 14.4 Å². The zero-order valence-electron chi connectivity index (χ0n) is 12.9. The molecule has 1 aromatic rings. The van der Waals surface area contributed by atoms with Crippen LogP contribution in [0.4, 0.5) is 0 Å². The number of aromatic nitrogens is 3. The van der Waals surface area contributed by atoms with Crippen LogP contribution in [0.25, 0.3) is 0 Å². The van der Waals surface area contributed by atoms with Gasteiger partial charge in [0.2, 0.25) is 5.91 Å². The topological polar surface area (TPSA) is 63.1 Å². The largest absolute Gasteiger partial charge is 0.351 e. The van der Waals surface area contributed by atoms with Crippen LogP contribution in [0.15, 0.2) is 6.33 Å². The number of likely N-dealkylation sites (tertiary alicyclic amines) is 1. The minimum absolute atomic E-state index is 0.0798. The van der Waals surface area contributed by atoms with Crippen molar-refractivity contribution in [2.45, 2.75) is 45.7 Å². The van der Waals surface area contributed by atoms with Crippen molar-refractivity contribution < 1.29 is 4.79 Å². The lowest BCUT2D eigenvalue weighted by Crippen LogP contribution is -2.48. The highest BCUT2D eigenvalue weighted by atomic mass is 16.2. The van der Waals surface area contributed by atoms with E-state index in [1.54, 1.807) is 11.0 Å². The van der Waals surface area contributed by atoms with E-state index < -0.39 is 0 Å². The minimum Gasteiger partial charge on any atom is -0.351 e. The summed E-state index contributed by atoms with van der Waals surface area (Å²) in [4.78, 5) is 18.8. The molecule has 2 rings (SSSR count). The van der Waals surface area contributed by atoms with Crippen LogP contribution < -0.4 is 5.32 Å². The van der Waals surface area contributed by atoms with Crippen molar-refractivity contribution in [3.05, 3.63) is 12.2 Å². The molecule has 0 aliphatic carbocycles. The van der Waals surface area contributed by atoms with Gasteiger partial charge in [-0.2, -0.15) is 5.10 Å². The number of carbonyl (C=O) groups is 1. The van der Waals surface area contributed by atoms with Crippen LogP contribution in [0.2, 0.25) is 0 Å². The number of nitrogens with one attached hydrogen (secondary N) is 1. The Morgan fingerprint density at radius 2 is 2.25 bits per heavy atom. The number of nitrogens with zero attached hydrogens (tertiary/aromatic N) is 4. The highest BCUT2D eigenvalue weighted by Gasteiger charge is 2.28. The Kier molecular flexibility index (Phi) is 4.42. The second-order valence-electron chi connectivity index (χ2n) is 6.61. The van der Waals surface area contributed by atoms with Gasteiger partial charge in [0, 0.05) is 19.1 Å². The average Bonchev–Trinajstić information content (AvgIpc) is 2.73. The van der Waals surface area contributed by atoms with E-state index in [-0.39, 0.29) is 17.4 Å². The lowest BCUT2D eigenvalue weighted by Gasteiger charge is -2.33. The molecule has 1 unspecified atom stereocenters. The van der Waals surface area contributed by atoms with E-state index >= 15 is 0 Å². The summed E-state index contributed by atoms with van der Waals surface area (Å²) in [7, 11) is 1.90. The maximum Gasteiger partial charge on any atom is 0.224 e. The molecule has 1 atom stereocenters. The van der Waals surface area contributed by atoms with Gasteiger partial charge in [0.25, 0.3) is 0 Å². The molecular formula is C14H25N5O. The number of amides is 1. The molecule has 0 radical (unpaired) electrons. The molecule has 6 heteroatoms. The van der Waals surface area contributed by atoms with Crippen molar-refractivity contribution >= 4 is 5.91 Å². The quantitative estimate of drug-likeness (QED) is 0.894. The average molecular weight is 279 g/mol. The monoisotopic (exact) mass is 279 g/mol. The van der Waals surface area contributed by atoms with Gasteiger partial charge in [0.1, 0.15) is 12.2 Å². The second-order valence-corrected chi connectivity index (χ2v) is 6.61. The van der Waals surface area contributed by atoms with E-state index in [1.807, 2.05) is 27.8 Å². The van der Waals surface area contributed by atoms with Gasteiger partial charge in [0.05, 0.1) is 12.5 Å². The Bertz CT molecular complexity index is 462. The first-order valence-electron chi connectivity index (χ1n) is 7.22. The molecule has 2 heterocycles. The predicted molar refractivity (Wildman–Crippen MR) is 76.9 cm³/mol. The SMILES string of the molecule is Cn1ncnc1CN1CCCC(C(=O)NC(C)(C)C)C1. The maximum atomic E-state index is 12.3. The summed E-state index contributed by atoms with van der Waals surface area (Å²) in [6.45, 7) is 8.64. The lowest BCUT2D eigenvalue weighted by molar-refractivity contribution is -0.128. The Hall–Kier alpha value is -1.43. The molecule has 1 aliphatic rings. The van der Waals surface area contributed by atoms with Crippen LogP contribution in [0, 0.1) is 5.92 Å². The summed E-state index contributed by atoms with van der Waals surface area (Å²) in [5.41, 5.74) is -0.164. The van der Waals surface area contributed by atoms with Gasteiger partial charge in [-0.15, -0.1) is 0 Å². The number of piperidine rings is 1. The molecule has 1 fully saturated rings. The summed E-state index contributed by atoms with van der Waals surface area (Å²) in [5, 5.41) is 7.17. The number of hydrogen-bond donors (Lipinski definition) is 1. The van der Waals surface area contributed by atoms with Crippen molar-refractivity contribution in [1.82, 2.24) is 25.0 Å². The molecule has 112 valence electrons. The van der Waals surface area contributed by atoms with E-state index in [1.165, 1.54) is 0 Å². The van der Waals surface area contributed by atoms with E-state index in [9.17, 15) is 4.79 Å². The van der Waals surface area contributed by atoms with Crippen molar-refractivity contribution in [1.29, 1.82) is 0 Å². The van der Waals surface area contributed by atoms with Crippen LogP contribution in [0.5, 0.6) is 0 Å². The van der Waals surface area contributed by atoms with Crippen LogP contribution in [-0.4, -0.2) is 44.2 Å². The maximum absolute atomic E-state index is 12.3. The molecule has 0 saturated carbocycles. The van der Waals surface area contributed by atoms with E-state index in [0.29, 0.717) is 0 Å². The Labute approximate surface area is 120 Å². The molecule has 1 amide bonds. The van der Waals surface area contributed by atoms with Crippen LogP contribution in [0.3, 0.4) is 0 Å². The molecule has 20 heavy (non-hydrogen) atoms. The third kappa shape index (κ3) is 4.03. The van der Waals surface area contributed by atoms with Crippen LogP contribution >= 0.6 is 0 Å². The lowest BCUT2D eigenvalue weighted by atomic mass is 9.95. The van der Waals surface area contributed by atoms with Gasteiger partial charge >= 0.3 is 0 Å². The van der Waals surface area contributed by atoms with E-state index in [4.69, 9.17) is 0 Å². The van der Waals surface area contributed by atoms with Crippen LogP contribution in [0.1, 0.15) is 39.4 Å². The number of aryl methyl sites for hydroxylation is 1. The zero-order chi connectivity index (χ0) is 14.8. The third-order valence-corrected chi connectivity index (χ3v) is 3.54. The van der Waals surface area contributed by atoms with Gasteiger partial charge in [0.15, 0.2) is 0 Å². The summed E-state index contributed by atoms with van der Waals surface area (Å²) in [6, 6.07) is 0. The van der Waals surface area contributed by atoms with Gasteiger partial charge in [-0.25, -0.2) is 4.98 Å². The molecule has 1 N–H and O–H groups in total. The molecule has 6 nitrogen and oxygen atoms in total. The predicted octanol–water partition coefficient (Wildman–Crippen LogP) is 0.942. The smallest absolute Gasteiger partial charge is 0.224 e. The third-order valence-electron chi connectivity index (χ3n) is 3.54. The number of rotatable bonds is 3. The first-order valence-corrected chi connectivity index (χ1v) is 7.22. The minimum atomic E-state index is -0.164. The molecule has 1 aliphatic heterocycles. The Morgan fingerprint density at radius 1 is 1.50 bits per heavy atom. The van der Waals surface area contributed by atoms with Gasteiger partial charge < -0.3 is 5.32 Å². The van der Waals surface area contributed by atoms with Crippen molar-refractivity contribution in [2.75, 3.05) is 13.1 Å². The molecular weight excluding hydrogens is 254 g/mol. The standard InChI is InChI=1S/C14H25N5O/c1-14(2,3)17-13(20)11-6-5-7-19(8-11)9-12-15-10-16-18(12)4/h10-11H,5-9H2,1-4H3,(H,17,20). The highest BCUT2D eigenvalue weighted by Crippen LogP contribution is 2.19. The highest BCUT2D eigenvalue weighted by molar-refractivity contribution is 5.79. The second kappa shape index (κ2) is 5.91. The van der Waals surface area contributed by atoms with Gasteiger partial charge in [-0.05, 0) is 40.2 Å². The fraction of sp³-hybridized carbons (Fsp3) is 0.786. The first kappa shape index (κ1) is 15.0. The van der Waals surface area contributed by atoms with E-state index in [2.05, 4.69) is 20.3 Å². The molecule has 1 saturated heterocycles. The fourth-order valence-electron chi connectivity index (χ4n) is 2.55. The summed E-state index contributed by atoms with van der Waals surface area (Å²) < 4.78 is 1.79. The molecule has 0 spiro atoms. The van der Waals surface area contributed by atoms with Crippen molar-refractivity contribution in [2.24, 2.45) is 13.0 Å². The van der Waals surface area contributed by atoms with Crippen molar-refractivity contribution in [3.8, 4) is 0 Å². The fourth-order valence-corrected chi connectivity index (χ4v) is 2.55. The summed E-state index contributed by atoms with van der Waals surface area (Å²) in [5.74, 6) is 1.19. The molecule has 0 aromatic carbocycles. The van der Waals surface area contributed by atoms with E-state index in [0.717, 1.165) is 38.3 Å². The zero-order valence-corrected chi connectivity index (χ0v) is 12.9. The summed E-state index contributed by atoms with van der Waals surface area (Å²) in [6.07, 6.45) is 3.60. The summed E-state index contributed by atoms with van der Waals surface area (Å²) >= 11 is 0. The van der Waals surface area contributed by atoms with Gasteiger partial charge in [-0.1, -0.05) is 0 Å². The van der Waals surface area contributed by atoms with Crippen LogP contribution in [-0.2, 0) is 18.4 Å². The number of carbonyl (C=O) groups excluding carboxylic acids is 1. The first-order chi connectivity index (χ1) is 9.35.